The number of rotatable bonds is 7. The second-order valence-electron chi connectivity index (χ2n) is 3.97. The van der Waals surface area contributed by atoms with E-state index in [4.69, 9.17) is 0 Å². The minimum atomic E-state index is -0.228. The highest BCUT2D eigenvalue weighted by atomic mass is 16.2. The molecule has 0 bridgehead atoms. The Morgan fingerprint density at radius 1 is 1.13 bits per heavy atom. The summed E-state index contributed by atoms with van der Waals surface area (Å²) >= 11 is 0. The van der Waals surface area contributed by atoms with E-state index in [1.165, 1.54) is 30.6 Å². The van der Waals surface area contributed by atoms with E-state index in [0.29, 0.717) is 6.54 Å². The summed E-state index contributed by atoms with van der Waals surface area (Å²) in [6.07, 6.45) is 7.03. The van der Waals surface area contributed by atoms with Crippen LogP contribution in [0, 0.1) is 0 Å². The number of hydrogen-bond donors (Lipinski definition) is 1. The molecule has 1 aliphatic rings. The molecule has 1 fully saturated rings. The fourth-order valence-electron chi connectivity index (χ4n) is 1.73. The quantitative estimate of drug-likeness (QED) is 0.517. The average molecular weight is 212 g/mol. The zero-order valence-electron chi connectivity index (χ0n) is 9.42. The van der Waals surface area contributed by atoms with Crippen LogP contribution >= 0.6 is 0 Å². The number of nitrogens with zero attached hydrogens (tertiary/aromatic N) is 1. The van der Waals surface area contributed by atoms with Crippen LogP contribution in [0.15, 0.2) is 0 Å². The van der Waals surface area contributed by atoms with E-state index in [9.17, 15) is 9.59 Å². The number of nitrogens with one attached hydrogen (secondary N) is 1. The summed E-state index contributed by atoms with van der Waals surface area (Å²) < 4.78 is 0. The molecule has 0 aromatic heterocycles. The maximum Gasteiger partial charge on any atom is 0.324 e. The van der Waals surface area contributed by atoms with Gasteiger partial charge in [-0.05, 0) is 6.42 Å². The number of hydrogen-bond acceptors (Lipinski definition) is 2. The van der Waals surface area contributed by atoms with Gasteiger partial charge < -0.3 is 5.32 Å². The Kier molecular flexibility index (Phi) is 5.15. The van der Waals surface area contributed by atoms with Gasteiger partial charge in [-0.25, -0.2) is 4.79 Å². The predicted octanol–water partition coefficient (Wildman–Crippen LogP) is 1.90. The highest BCUT2D eigenvalue weighted by molar-refractivity contribution is 6.01. The van der Waals surface area contributed by atoms with Gasteiger partial charge in [-0.2, -0.15) is 0 Å². The monoisotopic (exact) mass is 212 g/mol. The van der Waals surface area contributed by atoms with E-state index in [1.807, 2.05) is 0 Å². The van der Waals surface area contributed by atoms with Crippen LogP contribution in [0.3, 0.4) is 0 Å². The van der Waals surface area contributed by atoms with Gasteiger partial charge in [-0.15, -0.1) is 0 Å². The number of carbonyl (C=O) groups is 2. The molecule has 1 saturated heterocycles. The Bertz CT molecular complexity index is 213. The Labute approximate surface area is 91.0 Å². The second kappa shape index (κ2) is 6.43. The third kappa shape index (κ3) is 3.90. The Morgan fingerprint density at radius 3 is 2.40 bits per heavy atom. The zero-order chi connectivity index (χ0) is 11.1. The summed E-state index contributed by atoms with van der Waals surface area (Å²) in [5.41, 5.74) is 0. The minimum absolute atomic E-state index is 0.0893. The second-order valence-corrected chi connectivity index (χ2v) is 3.97. The molecule has 0 saturated carbocycles. The maximum absolute atomic E-state index is 11.2. The van der Waals surface area contributed by atoms with E-state index < -0.39 is 0 Å². The Morgan fingerprint density at radius 2 is 1.80 bits per heavy atom. The summed E-state index contributed by atoms with van der Waals surface area (Å²) in [5, 5.41) is 2.52. The molecule has 0 atom stereocenters. The van der Waals surface area contributed by atoms with Crippen molar-refractivity contribution in [3.05, 3.63) is 0 Å². The van der Waals surface area contributed by atoms with Crippen LogP contribution in [-0.2, 0) is 4.79 Å². The molecule has 0 spiro atoms. The number of imide groups is 1. The topological polar surface area (TPSA) is 49.4 Å². The van der Waals surface area contributed by atoms with Crippen LogP contribution < -0.4 is 5.32 Å². The molecular formula is C11H20N2O2. The van der Waals surface area contributed by atoms with Crippen molar-refractivity contribution in [3.63, 3.8) is 0 Å². The van der Waals surface area contributed by atoms with Gasteiger partial charge in [0.25, 0.3) is 0 Å². The van der Waals surface area contributed by atoms with Gasteiger partial charge in [0.05, 0.1) is 6.54 Å². The smallest absolute Gasteiger partial charge is 0.324 e. The number of urea groups is 1. The molecule has 0 aromatic rings. The van der Waals surface area contributed by atoms with Crippen molar-refractivity contribution in [2.45, 2.75) is 45.4 Å². The van der Waals surface area contributed by atoms with Crippen molar-refractivity contribution in [1.82, 2.24) is 10.2 Å². The first-order chi connectivity index (χ1) is 7.25. The molecule has 1 heterocycles. The molecule has 1 aliphatic heterocycles. The molecule has 86 valence electrons. The molecule has 1 rings (SSSR count). The van der Waals surface area contributed by atoms with Crippen molar-refractivity contribution < 1.29 is 9.59 Å². The van der Waals surface area contributed by atoms with E-state index in [-0.39, 0.29) is 18.5 Å². The third-order valence-corrected chi connectivity index (χ3v) is 2.67. The first kappa shape index (κ1) is 12.0. The molecular weight excluding hydrogens is 192 g/mol. The summed E-state index contributed by atoms with van der Waals surface area (Å²) in [6.45, 7) is 2.94. The lowest BCUT2D eigenvalue weighted by Crippen LogP contribution is -2.31. The lowest BCUT2D eigenvalue weighted by atomic mass is 10.1. The predicted molar refractivity (Wildman–Crippen MR) is 58.5 cm³/mol. The van der Waals surface area contributed by atoms with Crippen LogP contribution in [0.4, 0.5) is 4.79 Å². The van der Waals surface area contributed by atoms with Crippen LogP contribution in [0.25, 0.3) is 0 Å². The summed E-state index contributed by atoms with van der Waals surface area (Å²) in [5.74, 6) is -0.0893. The molecule has 1 N–H and O–H groups in total. The van der Waals surface area contributed by atoms with Gasteiger partial charge in [-0.1, -0.05) is 39.0 Å². The van der Waals surface area contributed by atoms with Crippen LogP contribution in [0.2, 0.25) is 0 Å². The molecule has 0 aliphatic carbocycles. The molecule has 3 amide bonds. The fourth-order valence-corrected chi connectivity index (χ4v) is 1.73. The van der Waals surface area contributed by atoms with Crippen LogP contribution in [0.5, 0.6) is 0 Å². The largest absolute Gasteiger partial charge is 0.329 e. The SMILES string of the molecule is CCCCCCCCN1C(=O)CNC1=O. The van der Waals surface area contributed by atoms with Crippen LogP contribution in [-0.4, -0.2) is 29.9 Å². The Balaban J connectivity index is 2.04. The van der Waals surface area contributed by atoms with Gasteiger partial charge in [0.15, 0.2) is 0 Å². The first-order valence-electron chi connectivity index (χ1n) is 5.84. The highest BCUT2D eigenvalue weighted by Crippen LogP contribution is 2.07. The Hall–Kier alpha value is -1.06. The van der Waals surface area contributed by atoms with E-state index in [1.54, 1.807) is 0 Å². The molecule has 4 nitrogen and oxygen atoms in total. The normalized spacial score (nSPS) is 15.9. The lowest BCUT2D eigenvalue weighted by Gasteiger charge is -2.11. The van der Waals surface area contributed by atoms with Gasteiger partial charge in [0, 0.05) is 6.54 Å². The number of carbonyl (C=O) groups excluding carboxylic acids is 2. The van der Waals surface area contributed by atoms with Crippen molar-refractivity contribution >= 4 is 11.9 Å². The van der Waals surface area contributed by atoms with Crippen LogP contribution in [0.1, 0.15) is 45.4 Å². The fraction of sp³-hybridized carbons (Fsp3) is 0.818. The van der Waals surface area contributed by atoms with Gasteiger partial charge >= 0.3 is 6.03 Å². The van der Waals surface area contributed by atoms with Gasteiger partial charge in [0.1, 0.15) is 0 Å². The number of amides is 3. The van der Waals surface area contributed by atoms with Crippen molar-refractivity contribution in [2.75, 3.05) is 13.1 Å². The maximum atomic E-state index is 11.2. The zero-order valence-corrected chi connectivity index (χ0v) is 9.42. The van der Waals surface area contributed by atoms with Gasteiger partial charge in [-0.3, -0.25) is 9.69 Å². The summed E-state index contributed by atoms with van der Waals surface area (Å²) in [6, 6.07) is -0.228. The highest BCUT2D eigenvalue weighted by Gasteiger charge is 2.27. The molecule has 0 aromatic carbocycles. The molecule has 0 radical (unpaired) electrons. The standard InChI is InChI=1S/C11H20N2O2/c1-2-3-4-5-6-7-8-13-10(14)9-12-11(13)15/h2-9H2,1H3,(H,12,15). The molecule has 15 heavy (non-hydrogen) atoms. The minimum Gasteiger partial charge on any atom is -0.329 e. The first-order valence-corrected chi connectivity index (χ1v) is 5.84. The third-order valence-electron chi connectivity index (χ3n) is 2.67. The van der Waals surface area contributed by atoms with Crippen molar-refractivity contribution in [1.29, 1.82) is 0 Å². The van der Waals surface area contributed by atoms with Crippen molar-refractivity contribution in [3.8, 4) is 0 Å². The average Bonchev–Trinajstić information content (AvgIpc) is 2.54. The van der Waals surface area contributed by atoms with E-state index in [2.05, 4.69) is 12.2 Å². The summed E-state index contributed by atoms with van der Waals surface area (Å²) in [4.78, 5) is 23.7. The molecule has 0 unspecified atom stereocenters. The van der Waals surface area contributed by atoms with E-state index in [0.717, 1.165) is 12.8 Å². The van der Waals surface area contributed by atoms with Crippen molar-refractivity contribution in [2.24, 2.45) is 0 Å². The van der Waals surface area contributed by atoms with Gasteiger partial charge in [0.2, 0.25) is 5.91 Å². The summed E-state index contributed by atoms with van der Waals surface area (Å²) in [7, 11) is 0. The van der Waals surface area contributed by atoms with E-state index >= 15 is 0 Å². The lowest BCUT2D eigenvalue weighted by molar-refractivity contribution is -0.125. The number of unbranched alkanes of at least 4 members (excludes halogenated alkanes) is 5. The molecule has 4 heteroatoms.